The maximum atomic E-state index is 12.6. The van der Waals surface area contributed by atoms with E-state index in [0.29, 0.717) is 30.5 Å². The third kappa shape index (κ3) is 3.62. The van der Waals surface area contributed by atoms with Gasteiger partial charge in [0.05, 0.1) is 10.4 Å². The van der Waals surface area contributed by atoms with Gasteiger partial charge in [0, 0.05) is 39.3 Å². The van der Waals surface area contributed by atoms with Crippen molar-refractivity contribution in [2.45, 2.75) is 30.0 Å². The third-order valence-electron chi connectivity index (χ3n) is 4.74. The van der Waals surface area contributed by atoms with Crippen LogP contribution < -0.4 is 0 Å². The van der Waals surface area contributed by atoms with Gasteiger partial charge in [0.2, 0.25) is 5.91 Å². The molecular weight excluding hydrogens is 370 g/mol. The molecule has 0 radical (unpaired) electrons. The van der Waals surface area contributed by atoms with E-state index in [4.69, 9.17) is 11.6 Å². The number of sulfonamides is 1. The molecule has 3 rings (SSSR count). The summed E-state index contributed by atoms with van der Waals surface area (Å²) in [6.07, 6.45) is 2.15. The normalized spacial score (nSPS) is 22.0. The molecule has 0 N–H and O–H groups in total. The molecule has 134 valence electrons. The highest BCUT2D eigenvalue weighted by atomic mass is 35.5. The van der Waals surface area contributed by atoms with Gasteiger partial charge in [-0.15, -0.1) is 11.3 Å². The Morgan fingerprint density at radius 1 is 1.12 bits per heavy atom. The van der Waals surface area contributed by atoms with Crippen LogP contribution in [0.4, 0.5) is 0 Å². The number of amides is 1. The highest BCUT2D eigenvalue weighted by Crippen LogP contribution is 2.28. The van der Waals surface area contributed by atoms with E-state index in [9.17, 15) is 13.2 Å². The molecule has 0 spiro atoms. The number of carbonyl (C=O) groups is 1. The number of thiophene rings is 1. The van der Waals surface area contributed by atoms with Crippen molar-refractivity contribution in [2.75, 3.05) is 39.3 Å². The average Bonchev–Trinajstić information content (AvgIpc) is 3.25. The number of hydrogen-bond acceptors (Lipinski definition) is 5. The van der Waals surface area contributed by atoms with E-state index in [1.165, 1.54) is 4.31 Å². The van der Waals surface area contributed by atoms with Crippen LogP contribution in [0, 0.1) is 0 Å². The summed E-state index contributed by atoms with van der Waals surface area (Å²) < 4.78 is 27.4. The number of carbonyl (C=O) groups excluding carboxylic acids is 1. The predicted octanol–water partition coefficient (Wildman–Crippen LogP) is 1.72. The van der Waals surface area contributed by atoms with Crippen LogP contribution >= 0.6 is 22.9 Å². The molecule has 0 saturated carbocycles. The van der Waals surface area contributed by atoms with Crippen LogP contribution in [0.25, 0.3) is 0 Å². The second-order valence-electron chi connectivity index (χ2n) is 6.21. The maximum Gasteiger partial charge on any atom is 0.252 e. The first kappa shape index (κ1) is 18.1. The minimum absolute atomic E-state index is 0.161. The zero-order valence-electron chi connectivity index (χ0n) is 13.6. The molecule has 0 unspecified atom stereocenters. The molecule has 0 aromatic carbocycles. The number of nitrogens with zero attached hydrogens (tertiary/aromatic N) is 3. The minimum atomic E-state index is -3.48. The fourth-order valence-corrected chi connectivity index (χ4v) is 6.31. The lowest BCUT2D eigenvalue weighted by molar-refractivity contribution is -0.135. The topological polar surface area (TPSA) is 60.9 Å². The highest BCUT2D eigenvalue weighted by Gasteiger charge is 2.34. The molecule has 1 aromatic heterocycles. The molecule has 2 aliphatic rings. The molecule has 2 fully saturated rings. The van der Waals surface area contributed by atoms with Crippen LogP contribution in [-0.2, 0) is 14.8 Å². The van der Waals surface area contributed by atoms with Gasteiger partial charge in [-0.1, -0.05) is 11.6 Å². The van der Waals surface area contributed by atoms with Gasteiger partial charge in [0.25, 0.3) is 10.0 Å². The van der Waals surface area contributed by atoms with Gasteiger partial charge < -0.3 is 4.90 Å². The second-order valence-corrected chi connectivity index (χ2v) is 10.1. The summed E-state index contributed by atoms with van der Waals surface area (Å²) in [7, 11) is -3.48. The van der Waals surface area contributed by atoms with E-state index in [-0.39, 0.29) is 16.2 Å². The summed E-state index contributed by atoms with van der Waals surface area (Å²) in [6.45, 7) is 5.54. The summed E-state index contributed by atoms with van der Waals surface area (Å²) in [5, 5.41) is 0. The Hall–Kier alpha value is -0.670. The van der Waals surface area contributed by atoms with Crippen molar-refractivity contribution < 1.29 is 13.2 Å². The molecule has 0 bridgehead atoms. The lowest BCUT2D eigenvalue weighted by atomic mass is 10.2. The molecule has 6 nitrogen and oxygen atoms in total. The second kappa shape index (κ2) is 7.29. The lowest BCUT2D eigenvalue weighted by Crippen LogP contribution is -2.55. The summed E-state index contributed by atoms with van der Waals surface area (Å²) in [4.78, 5) is 16.5. The van der Waals surface area contributed by atoms with Gasteiger partial charge in [-0.2, -0.15) is 4.31 Å². The summed E-state index contributed by atoms with van der Waals surface area (Å²) in [5.41, 5.74) is 0. The van der Waals surface area contributed by atoms with Gasteiger partial charge in [0.1, 0.15) is 4.21 Å². The largest absolute Gasteiger partial charge is 0.341 e. The van der Waals surface area contributed by atoms with Crippen LogP contribution in [-0.4, -0.2) is 73.7 Å². The van der Waals surface area contributed by atoms with Crippen molar-refractivity contribution in [1.82, 2.24) is 14.1 Å². The van der Waals surface area contributed by atoms with E-state index in [1.807, 2.05) is 11.8 Å². The molecule has 2 saturated heterocycles. The fourth-order valence-electron chi connectivity index (χ4n) is 3.25. The molecule has 1 aromatic rings. The van der Waals surface area contributed by atoms with Crippen LogP contribution in [0.2, 0.25) is 4.34 Å². The van der Waals surface area contributed by atoms with Crippen molar-refractivity contribution in [3.8, 4) is 0 Å². The molecule has 3 heterocycles. The average molecular weight is 392 g/mol. The first-order valence-electron chi connectivity index (χ1n) is 8.18. The van der Waals surface area contributed by atoms with Gasteiger partial charge >= 0.3 is 0 Å². The standard InChI is InChI=1S/C15H22ClN3O3S2/c1-12(15(20)18-6-2-3-7-18)17-8-10-19(11-9-17)24(21,22)14-5-4-13(16)23-14/h4-5,12H,2-3,6-11H2,1H3/t12-/m0/s1. The van der Waals surface area contributed by atoms with E-state index in [2.05, 4.69) is 4.90 Å². The molecule has 1 amide bonds. The number of piperazine rings is 1. The first-order chi connectivity index (χ1) is 11.4. The van der Waals surface area contributed by atoms with E-state index in [0.717, 1.165) is 37.3 Å². The summed E-state index contributed by atoms with van der Waals surface area (Å²) in [6, 6.07) is 2.96. The van der Waals surface area contributed by atoms with Crippen LogP contribution in [0.5, 0.6) is 0 Å². The van der Waals surface area contributed by atoms with Crippen molar-refractivity contribution >= 4 is 38.9 Å². The van der Waals surface area contributed by atoms with Crippen LogP contribution in [0.1, 0.15) is 19.8 Å². The van der Waals surface area contributed by atoms with Gasteiger partial charge in [-0.05, 0) is 31.9 Å². The molecule has 24 heavy (non-hydrogen) atoms. The van der Waals surface area contributed by atoms with E-state index in [1.54, 1.807) is 12.1 Å². The van der Waals surface area contributed by atoms with Crippen molar-refractivity contribution in [3.05, 3.63) is 16.5 Å². The molecule has 9 heteroatoms. The lowest BCUT2D eigenvalue weighted by Gasteiger charge is -2.37. The SMILES string of the molecule is C[C@@H](C(=O)N1CCCC1)N1CCN(S(=O)(=O)c2ccc(Cl)s2)CC1. The Labute approximate surface area is 152 Å². The Kier molecular flexibility index (Phi) is 5.51. The minimum Gasteiger partial charge on any atom is -0.341 e. The molecule has 0 aliphatic carbocycles. The number of halogens is 1. The first-order valence-corrected chi connectivity index (χ1v) is 10.8. The van der Waals surface area contributed by atoms with Crippen LogP contribution in [0.15, 0.2) is 16.3 Å². The Morgan fingerprint density at radius 2 is 1.75 bits per heavy atom. The summed E-state index contributed by atoms with van der Waals surface area (Å²) >= 11 is 6.93. The summed E-state index contributed by atoms with van der Waals surface area (Å²) in [5.74, 6) is 0.161. The molecule has 2 aliphatic heterocycles. The third-order valence-corrected chi connectivity index (χ3v) is 8.34. The zero-order valence-corrected chi connectivity index (χ0v) is 16.0. The number of rotatable bonds is 4. The van der Waals surface area contributed by atoms with Crippen molar-refractivity contribution in [2.24, 2.45) is 0 Å². The molecular formula is C15H22ClN3O3S2. The van der Waals surface area contributed by atoms with E-state index < -0.39 is 10.0 Å². The highest BCUT2D eigenvalue weighted by molar-refractivity contribution is 7.91. The Balaban J connectivity index is 1.60. The van der Waals surface area contributed by atoms with Gasteiger partial charge in [0.15, 0.2) is 0 Å². The van der Waals surface area contributed by atoms with Crippen molar-refractivity contribution in [3.63, 3.8) is 0 Å². The number of likely N-dealkylation sites (tertiary alicyclic amines) is 1. The van der Waals surface area contributed by atoms with E-state index >= 15 is 0 Å². The van der Waals surface area contributed by atoms with Gasteiger partial charge in [-0.25, -0.2) is 8.42 Å². The number of hydrogen-bond donors (Lipinski definition) is 0. The predicted molar refractivity (Wildman–Crippen MR) is 94.9 cm³/mol. The monoisotopic (exact) mass is 391 g/mol. The zero-order chi connectivity index (χ0) is 17.3. The molecule has 1 atom stereocenters. The van der Waals surface area contributed by atoms with Gasteiger partial charge in [-0.3, -0.25) is 9.69 Å². The quantitative estimate of drug-likeness (QED) is 0.784. The van der Waals surface area contributed by atoms with Crippen molar-refractivity contribution in [1.29, 1.82) is 0 Å². The Bertz CT molecular complexity index is 693. The Morgan fingerprint density at radius 3 is 2.29 bits per heavy atom. The van der Waals surface area contributed by atoms with Crippen LogP contribution in [0.3, 0.4) is 0 Å². The smallest absolute Gasteiger partial charge is 0.252 e. The maximum absolute atomic E-state index is 12.6. The fraction of sp³-hybridized carbons (Fsp3) is 0.667.